The number of thioether (sulfide) groups is 1. The molecular formula is C17H26N2S. The first-order valence-corrected chi connectivity index (χ1v) is 8.47. The van der Waals surface area contributed by atoms with E-state index in [1.165, 1.54) is 5.56 Å². The van der Waals surface area contributed by atoms with Crippen LogP contribution < -0.4 is 5.32 Å². The quantitative estimate of drug-likeness (QED) is 0.882. The number of nitrogens with one attached hydrogen (secondary N) is 1. The summed E-state index contributed by atoms with van der Waals surface area (Å²) >= 11 is 1.87. The lowest BCUT2D eigenvalue weighted by Crippen LogP contribution is -2.42. The molecule has 1 aliphatic heterocycles. The van der Waals surface area contributed by atoms with E-state index in [0.717, 1.165) is 23.8 Å². The molecule has 0 unspecified atom stereocenters. The minimum atomic E-state index is 0.0908. The molecule has 3 heteroatoms. The number of rotatable bonds is 5. The predicted molar refractivity (Wildman–Crippen MR) is 90.5 cm³/mol. The lowest BCUT2D eigenvalue weighted by Gasteiger charge is -2.27. The van der Waals surface area contributed by atoms with Crippen molar-refractivity contribution in [3.05, 3.63) is 35.9 Å². The van der Waals surface area contributed by atoms with Gasteiger partial charge in [-0.2, -0.15) is 0 Å². The number of nitrogens with zero attached hydrogens (tertiary/aromatic N) is 1. The van der Waals surface area contributed by atoms with Crippen LogP contribution >= 0.6 is 11.8 Å². The van der Waals surface area contributed by atoms with E-state index < -0.39 is 0 Å². The van der Waals surface area contributed by atoms with Crippen molar-refractivity contribution in [1.82, 2.24) is 5.32 Å². The van der Waals surface area contributed by atoms with Crippen LogP contribution in [0.25, 0.3) is 0 Å². The summed E-state index contributed by atoms with van der Waals surface area (Å²) in [7, 11) is 0. The van der Waals surface area contributed by atoms with E-state index >= 15 is 0 Å². The lowest BCUT2D eigenvalue weighted by molar-refractivity contribution is 0.426. The molecule has 0 aromatic heterocycles. The summed E-state index contributed by atoms with van der Waals surface area (Å²) in [4.78, 5) is 4.80. The molecular weight excluding hydrogens is 264 g/mol. The van der Waals surface area contributed by atoms with Crippen molar-refractivity contribution in [3.63, 3.8) is 0 Å². The molecule has 0 saturated heterocycles. The molecule has 0 saturated carbocycles. The van der Waals surface area contributed by atoms with E-state index in [1.807, 2.05) is 11.8 Å². The molecule has 0 radical (unpaired) electrons. The van der Waals surface area contributed by atoms with E-state index in [9.17, 15) is 0 Å². The summed E-state index contributed by atoms with van der Waals surface area (Å²) in [6.45, 7) is 9.03. The van der Waals surface area contributed by atoms with Crippen LogP contribution in [0.4, 0.5) is 0 Å². The van der Waals surface area contributed by atoms with E-state index in [4.69, 9.17) is 4.99 Å². The van der Waals surface area contributed by atoms with Crippen LogP contribution in [0.3, 0.4) is 0 Å². The van der Waals surface area contributed by atoms with Gasteiger partial charge in [0.2, 0.25) is 0 Å². The maximum absolute atomic E-state index is 4.80. The average Bonchev–Trinajstić information content (AvgIpc) is 2.86. The van der Waals surface area contributed by atoms with Crippen LogP contribution in [-0.2, 0) is 6.42 Å². The Hall–Kier alpha value is -0.960. The van der Waals surface area contributed by atoms with Crippen molar-refractivity contribution in [2.24, 2.45) is 10.9 Å². The molecule has 1 atom stereocenters. The number of hydrogen-bond donors (Lipinski definition) is 1. The Bertz CT molecular complexity index is 451. The normalized spacial score (nSPS) is 19.2. The second kappa shape index (κ2) is 6.66. The minimum Gasteiger partial charge on any atom is -0.360 e. The standard InChI is InChI=1S/C17H26N2S/c1-13(2)15-12-20-16(18-15)19-17(3,4)11-10-14-8-6-5-7-9-14/h5-9,13,15H,10-12H2,1-4H3,(H,18,19)/t15-/m1/s1. The zero-order chi connectivity index (χ0) is 14.6. The van der Waals surface area contributed by atoms with Crippen molar-refractivity contribution in [2.45, 2.75) is 52.1 Å². The van der Waals surface area contributed by atoms with Gasteiger partial charge >= 0.3 is 0 Å². The molecule has 0 fully saturated rings. The van der Waals surface area contributed by atoms with E-state index in [1.54, 1.807) is 0 Å². The van der Waals surface area contributed by atoms with Crippen LogP contribution in [0.2, 0.25) is 0 Å². The molecule has 2 rings (SSSR count). The van der Waals surface area contributed by atoms with Crippen molar-refractivity contribution in [2.75, 3.05) is 5.75 Å². The van der Waals surface area contributed by atoms with Crippen molar-refractivity contribution < 1.29 is 0 Å². The highest BCUT2D eigenvalue weighted by Crippen LogP contribution is 2.24. The van der Waals surface area contributed by atoms with Gasteiger partial charge in [0.25, 0.3) is 0 Å². The first kappa shape index (κ1) is 15.4. The number of hydrogen-bond acceptors (Lipinski definition) is 3. The largest absolute Gasteiger partial charge is 0.360 e. The van der Waals surface area contributed by atoms with Gasteiger partial charge < -0.3 is 5.32 Å². The van der Waals surface area contributed by atoms with Crippen LogP contribution in [0, 0.1) is 5.92 Å². The van der Waals surface area contributed by atoms with Crippen molar-refractivity contribution in [3.8, 4) is 0 Å². The first-order chi connectivity index (χ1) is 9.46. The Labute approximate surface area is 127 Å². The molecule has 0 aliphatic carbocycles. The van der Waals surface area contributed by atoms with Crippen molar-refractivity contribution in [1.29, 1.82) is 0 Å². The van der Waals surface area contributed by atoms with Gasteiger partial charge in [-0.25, -0.2) is 0 Å². The van der Waals surface area contributed by atoms with Gasteiger partial charge in [-0.3, -0.25) is 4.99 Å². The maximum atomic E-state index is 4.80. The monoisotopic (exact) mass is 290 g/mol. The Morgan fingerprint density at radius 2 is 2.00 bits per heavy atom. The fraction of sp³-hybridized carbons (Fsp3) is 0.588. The van der Waals surface area contributed by atoms with E-state index in [-0.39, 0.29) is 5.54 Å². The van der Waals surface area contributed by atoms with E-state index in [0.29, 0.717) is 12.0 Å². The summed E-state index contributed by atoms with van der Waals surface area (Å²) < 4.78 is 0. The predicted octanol–water partition coefficient (Wildman–Crippen LogP) is 4.11. The number of aliphatic imine (C=N–C) groups is 1. The third kappa shape index (κ3) is 4.55. The van der Waals surface area contributed by atoms with Gasteiger partial charge in [0, 0.05) is 11.3 Å². The van der Waals surface area contributed by atoms with Gasteiger partial charge in [-0.1, -0.05) is 55.9 Å². The molecule has 0 bridgehead atoms. The van der Waals surface area contributed by atoms with Crippen LogP contribution in [0.1, 0.15) is 39.7 Å². The Morgan fingerprint density at radius 1 is 1.30 bits per heavy atom. The molecule has 1 N–H and O–H groups in total. The zero-order valence-corrected chi connectivity index (χ0v) is 13.8. The third-order valence-electron chi connectivity index (χ3n) is 3.77. The van der Waals surface area contributed by atoms with Crippen LogP contribution in [0.5, 0.6) is 0 Å². The molecule has 20 heavy (non-hydrogen) atoms. The first-order valence-electron chi connectivity index (χ1n) is 7.49. The number of amidine groups is 1. The molecule has 2 nitrogen and oxygen atoms in total. The second-order valence-corrected chi connectivity index (χ2v) is 7.56. The highest BCUT2D eigenvalue weighted by Gasteiger charge is 2.25. The van der Waals surface area contributed by atoms with Gasteiger partial charge in [0.15, 0.2) is 5.17 Å². The maximum Gasteiger partial charge on any atom is 0.157 e. The lowest BCUT2D eigenvalue weighted by atomic mass is 9.95. The average molecular weight is 290 g/mol. The molecule has 0 amide bonds. The van der Waals surface area contributed by atoms with Crippen LogP contribution in [-0.4, -0.2) is 22.5 Å². The molecule has 1 aromatic carbocycles. The van der Waals surface area contributed by atoms with Gasteiger partial charge in [-0.15, -0.1) is 0 Å². The topological polar surface area (TPSA) is 24.4 Å². The van der Waals surface area contributed by atoms with Crippen LogP contribution in [0.15, 0.2) is 35.3 Å². The summed E-state index contributed by atoms with van der Waals surface area (Å²) in [6, 6.07) is 11.2. The molecule has 1 aliphatic rings. The Kier molecular flexibility index (Phi) is 5.14. The highest BCUT2D eigenvalue weighted by molar-refractivity contribution is 8.14. The highest BCUT2D eigenvalue weighted by atomic mass is 32.2. The second-order valence-electron chi connectivity index (χ2n) is 6.55. The smallest absolute Gasteiger partial charge is 0.157 e. The summed E-state index contributed by atoms with van der Waals surface area (Å²) in [5.41, 5.74) is 1.50. The fourth-order valence-electron chi connectivity index (χ4n) is 2.25. The van der Waals surface area contributed by atoms with E-state index in [2.05, 4.69) is 63.3 Å². The molecule has 0 spiro atoms. The zero-order valence-electron chi connectivity index (χ0n) is 13.0. The number of benzene rings is 1. The summed E-state index contributed by atoms with van der Waals surface area (Å²) in [6.07, 6.45) is 2.22. The van der Waals surface area contributed by atoms with Crippen molar-refractivity contribution >= 4 is 16.9 Å². The minimum absolute atomic E-state index is 0.0908. The Balaban J connectivity index is 1.86. The summed E-state index contributed by atoms with van der Waals surface area (Å²) in [5, 5.41) is 4.75. The molecule has 1 heterocycles. The fourth-order valence-corrected chi connectivity index (χ4v) is 3.60. The molecule has 1 aromatic rings. The van der Waals surface area contributed by atoms with Gasteiger partial charge in [-0.05, 0) is 38.2 Å². The van der Waals surface area contributed by atoms with Gasteiger partial charge in [0.05, 0.1) is 6.04 Å². The summed E-state index contributed by atoms with van der Waals surface area (Å²) in [5.74, 6) is 1.75. The Morgan fingerprint density at radius 3 is 2.60 bits per heavy atom. The SMILES string of the molecule is CC(C)[C@H]1CSC(NC(C)(C)CCc2ccccc2)=N1. The third-order valence-corrected chi connectivity index (χ3v) is 4.76. The number of aryl methyl sites for hydroxylation is 1. The molecule has 110 valence electrons. The van der Waals surface area contributed by atoms with Gasteiger partial charge in [0.1, 0.15) is 0 Å².